The van der Waals surface area contributed by atoms with Crippen LogP contribution in [0.3, 0.4) is 0 Å². The van der Waals surface area contributed by atoms with Gasteiger partial charge in [0.1, 0.15) is 0 Å². The van der Waals surface area contributed by atoms with Crippen LogP contribution in [0.15, 0.2) is 18.9 Å². The summed E-state index contributed by atoms with van der Waals surface area (Å²) in [6, 6.07) is 0.121. The Bertz CT molecular complexity index is 303. The molecule has 0 aromatic carbocycles. The molecule has 4 nitrogen and oxygen atoms in total. The second-order valence-corrected chi connectivity index (χ2v) is 3.30. The van der Waals surface area contributed by atoms with E-state index in [2.05, 4.69) is 24.0 Å². The Kier molecular flexibility index (Phi) is 3.85. The molecule has 0 aliphatic carbocycles. The molecule has 0 fully saturated rings. The van der Waals surface area contributed by atoms with Crippen LogP contribution in [0, 0.1) is 0 Å². The molecule has 1 rings (SSSR count). The number of hydrazine groups is 1. The predicted octanol–water partition coefficient (Wildman–Crippen LogP) is 1.06. The van der Waals surface area contributed by atoms with Gasteiger partial charge >= 0.3 is 0 Å². The van der Waals surface area contributed by atoms with Gasteiger partial charge in [-0.15, -0.1) is 6.58 Å². The number of hydrogen-bond acceptors (Lipinski definition) is 3. The summed E-state index contributed by atoms with van der Waals surface area (Å²) >= 11 is 0. The molecule has 0 bridgehead atoms. The fourth-order valence-electron chi connectivity index (χ4n) is 1.57. The van der Waals surface area contributed by atoms with E-state index in [0.29, 0.717) is 0 Å². The molecule has 1 unspecified atom stereocenters. The van der Waals surface area contributed by atoms with Crippen LogP contribution in [-0.4, -0.2) is 9.78 Å². The van der Waals surface area contributed by atoms with E-state index in [1.807, 2.05) is 24.0 Å². The van der Waals surface area contributed by atoms with Crippen LogP contribution in [0.1, 0.15) is 30.6 Å². The molecule has 0 saturated carbocycles. The Morgan fingerprint density at radius 1 is 1.79 bits per heavy atom. The van der Waals surface area contributed by atoms with E-state index < -0.39 is 0 Å². The van der Waals surface area contributed by atoms with Crippen LogP contribution in [0.25, 0.3) is 0 Å². The molecule has 4 heteroatoms. The van der Waals surface area contributed by atoms with Crippen LogP contribution < -0.4 is 11.3 Å². The monoisotopic (exact) mass is 194 g/mol. The highest BCUT2D eigenvalue weighted by Crippen LogP contribution is 2.19. The summed E-state index contributed by atoms with van der Waals surface area (Å²) in [5.74, 6) is 5.49. The van der Waals surface area contributed by atoms with Gasteiger partial charge in [-0.25, -0.2) is 0 Å². The molecule has 3 N–H and O–H groups in total. The van der Waals surface area contributed by atoms with E-state index in [-0.39, 0.29) is 6.04 Å². The van der Waals surface area contributed by atoms with Crippen LogP contribution in [0.5, 0.6) is 0 Å². The molecule has 78 valence electrons. The number of nitrogens with zero attached hydrogens (tertiary/aromatic N) is 2. The minimum Gasteiger partial charge on any atom is -0.275 e. The number of nitrogens with one attached hydrogen (secondary N) is 1. The number of aryl methyl sites for hydroxylation is 2. The summed E-state index contributed by atoms with van der Waals surface area (Å²) in [7, 11) is 1.92. The van der Waals surface area contributed by atoms with Crippen molar-refractivity contribution in [3.8, 4) is 0 Å². The van der Waals surface area contributed by atoms with Gasteiger partial charge in [-0.1, -0.05) is 13.0 Å². The lowest BCUT2D eigenvalue weighted by molar-refractivity contribution is 0.557. The first-order chi connectivity index (χ1) is 6.72. The van der Waals surface area contributed by atoms with Gasteiger partial charge in [0.15, 0.2) is 0 Å². The van der Waals surface area contributed by atoms with Crippen molar-refractivity contribution in [2.75, 3.05) is 0 Å². The SMILES string of the molecule is C=CCC(NN)c1cn(C)nc1CC. The highest BCUT2D eigenvalue weighted by atomic mass is 15.3. The lowest BCUT2D eigenvalue weighted by Crippen LogP contribution is -2.28. The Balaban J connectivity index is 2.95. The number of aromatic nitrogens is 2. The number of hydrogen-bond donors (Lipinski definition) is 2. The van der Waals surface area contributed by atoms with Crippen molar-refractivity contribution in [3.05, 3.63) is 30.1 Å². The Labute approximate surface area is 84.8 Å². The molecule has 0 spiro atoms. The van der Waals surface area contributed by atoms with E-state index in [4.69, 9.17) is 5.84 Å². The van der Waals surface area contributed by atoms with Gasteiger partial charge in [0.25, 0.3) is 0 Å². The minimum absolute atomic E-state index is 0.121. The molecule has 1 heterocycles. The zero-order chi connectivity index (χ0) is 10.6. The molecule has 1 atom stereocenters. The van der Waals surface area contributed by atoms with Gasteiger partial charge in [-0.05, 0) is 12.8 Å². The zero-order valence-electron chi connectivity index (χ0n) is 8.83. The molecule has 0 amide bonds. The van der Waals surface area contributed by atoms with Crippen LogP contribution in [-0.2, 0) is 13.5 Å². The average molecular weight is 194 g/mol. The largest absolute Gasteiger partial charge is 0.275 e. The quantitative estimate of drug-likeness (QED) is 0.419. The average Bonchev–Trinajstić information content (AvgIpc) is 2.55. The maximum Gasteiger partial charge on any atom is 0.0670 e. The number of nitrogens with two attached hydrogens (primary N) is 1. The second kappa shape index (κ2) is 4.93. The van der Waals surface area contributed by atoms with E-state index in [0.717, 1.165) is 24.1 Å². The first-order valence-corrected chi connectivity index (χ1v) is 4.82. The lowest BCUT2D eigenvalue weighted by Gasteiger charge is -2.12. The second-order valence-electron chi connectivity index (χ2n) is 3.30. The zero-order valence-corrected chi connectivity index (χ0v) is 8.83. The third-order valence-corrected chi connectivity index (χ3v) is 2.25. The molecule has 1 aromatic rings. The predicted molar refractivity (Wildman–Crippen MR) is 57.5 cm³/mol. The smallest absolute Gasteiger partial charge is 0.0670 e. The third-order valence-electron chi connectivity index (χ3n) is 2.25. The highest BCUT2D eigenvalue weighted by molar-refractivity contribution is 5.21. The van der Waals surface area contributed by atoms with E-state index >= 15 is 0 Å². The van der Waals surface area contributed by atoms with Crippen molar-refractivity contribution in [2.24, 2.45) is 12.9 Å². The van der Waals surface area contributed by atoms with E-state index in [1.54, 1.807) is 0 Å². The number of rotatable bonds is 5. The summed E-state index contributed by atoms with van der Waals surface area (Å²) in [4.78, 5) is 0. The molecule has 1 aromatic heterocycles. The molecular formula is C10H18N4. The van der Waals surface area contributed by atoms with Gasteiger partial charge in [0.2, 0.25) is 0 Å². The van der Waals surface area contributed by atoms with Gasteiger partial charge < -0.3 is 0 Å². The van der Waals surface area contributed by atoms with Crippen LogP contribution in [0.2, 0.25) is 0 Å². The molecule has 0 aliphatic rings. The summed E-state index contributed by atoms with van der Waals surface area (Å²) in [6.45, 7) is 5.80. The van der Waals surface area contributed by atoms with Crippen molar-refractivity contribution < 1.29 is 0 Å². The normalized spacial score (nSPS) is 12.8. The van der Waals surface area contributed by atoms with Crippen molar-refractivity contribution in [1.82, 2.24) is 15.2 Å². The van der Waals surface area contributed by atoms with E-state index in [9.17, 15) is 0 Å². The third kappa shape index (κ3) is 2.21. The molecule has 14 heavy (non-hydrogen) atoms. The maximum absolute atomic E-state index is 5.49. The van der Waals surface area contributed by atoms with Crippen molar-refractivity contribution >= 4 is 0 Å². The summed E-state index contributed by atoms with van der Waals surface area (Å²) < 4.78 is 1.82. The van der Waals surface area contributed by atoms with Gasteiger partial charge in [0, 0.05) is 18.8 Å². The molecule has 0 aliphatic heterocycles. The maximum atomic E-state index is 5.49. The summed E-state index contributed by atoms with van der Waals surface area (Å²) in [5, 5.41) is 4.37. The van der Waals surface area contributed by atoms with Gasteiger partial charge in [-0.3, -0.25) is 16.0 Å². The van der Waals surface area contributed by atoms with Crippen molar-refractivity contribution in [2.45, 2.75) is 25.8 Å². The first kappa shape index (κ1) is 10.9. The van der Waals surface area contributed by atoms with Crippen LogP contribution in [0.4, 0.5) is 0 Å². The van der Waals surface area contributed by atoms with Gasteiger partial charge in [0.05, 0.1) is 11.7 Å². The van der Waals surface area contributed by atoms with Crippen molar-refractivity contribution in [1.29, 1.82) is 0 Å². The molecular weight excluding hydrogens is 176 g/mol. The topological polar surface area (TPSA) is 55.9 Å². The summed E-state index contributed by atoms with van der Waals surface area (Å²) in [6.07, 6.45) is 5.60. The highest BCUT2D eigenvalue weighted by Gasteiger charge is 2.14. The van der Waals surface area contributed by atoms with Crippen molar-refractivity contribution in [3.63, 3.8) is 0 Å². The summed E-state index contributed by atoms with van der Waals surface area (Å²) in [5.41, 5.74) is 5.04. The standard InChI is InChI=1S/C10H18N4/c1-4-6-10(12-11)8-7-14(3)13-9(8)5-2/h4,7,10,12H,1,5-6,11H2,2-3H3. The Hall–Kier alpha value is -1.13. The Morgan fingerprint density at radius 3 is 3.00 bits per heavy atom. The fourth-order valence-corrected chi connectivity index (χ4v) is 1.57. The molecule has 0 saturated heterocycles. The minimum atomic E-state index is 0.121. The van der Waals surface area contributed by atoms with Crippen LogP contribution >= 0.6 is 0 Å². The lowest BCUT2D eigenvalue weighted by atomic mass is 10.0. The molecule has 0 radical (unpaired) electrons. The van der Waals surface area contributed by atoms with E-state index in [1.165, 1.54) is 0 Å². The first-order valence-electron chi connectivity index (χ1n) is 4.82. The fraction of sp³-hybridized carbons (Fsp3) is 0.500. The Morgan fingerprint density at radius 2 is 2.50 bits per heavy atom. The van der Waals surface area contributed by atoms with Gasteiger partial charge in [-0.2, -0.15) is 5.10 Å².